The van der Waals surface area contributed by atoms with Gasteiger partial charge in [0.25, 0.3) is 0 Å². The molecular weight excluding hydrogens is 287 g/mol. The third-order valence-corrected chi connectivity index (χ3v) is 4.13. The average Bonchev–Trinajstić information content (AvgIpc) is 2.67. The summed E-state index contributed by atoms with van der Waals surface area (Å²) < 4.78 is 2.26. The minimum absolute atomic E-state index is 0.390. The van der Waals surface area contributed by atoms with Gasteiger partial charge >= 0.3 is 0 Å². The van der Waals surface area contributed by atoms with Crippen molar-refractivity contribution in [2.75, 3.05) is 17.9 Å². The Bertz CT molecular complexity index is 539. The minimum Gasteiger partial charge on any atom is -0.324 e. The van der Waals surface area contributed by atoms with Crippen LogP contribution in [0.2, 0.25) is 5.02 Å². The van der Waals surface area contributed by atoms with Crippen LogP contribution < -0.4 is 0 Å². The van der Waals surface area contributed by atoms with Crippen molar-refractivity contribution in [2.24, 2.45) is 0 Å². The summed E-state index contributed by atoms with van der Waals surface area (Å²) in [5, 5.41) is 0.748. The van der Waals surface area contributed by atoms with Gasteiger partial charge in [0.2, 0.25) is 0 Å². The van der Waals surface area contributed by atoms with Gasteiger partial charge in [-0.25, -0.2) is 4.98 Å². The zero-order valence-corrected chi connectivity index (χ0v) is 12.8. The summed E-state index contributed by atoms with van der Waals surface area (Å²) in [6, 6.07) is 6.22. The molecule has 0 bridgehead atoms. The van der Waals surface area contributed by atoms with Crippen LogP contribution in [0.15, 0.2) is 18.2 Å². The molecule has 0 aliphatic carbocycles. The van der Waals surface area contributed by atoms with E-state index in [-0.39, 0.29) is 0 Å². The predicted molar refractivity (Wildman–Crippen MR) is 82.3 cm³/mol. The average molecular weight is 303 g/mol. The summed E-state index contributed by atoms with van der Waals surface area (Å²) >= 11 is 13.8. The van der Waals surface area contributed by atoms with Gasteiger partial charge in [0.15, 0.2) is 0 Å². The van der Waals surface area contributed by atoms with E-state index in [1.807, 2.05) is 30.0 Å². The van der Waals surface area contributed by atoms with E-state index in [0.29, 0.717) is 11.9 Å². The molecule has 0 aliphatic heterocycles. The quantitative estimate of drug-likeness (QED) is 0.762. The van der Waals surface area contributed by atoms with Gasteiger partial charge in [-0.1, -0.05) is 11.6 Å². The smallest absolute Gasteiger partial charge is 0.111 e. The molecule has 0 amide bonds. The maximum atomic E-state index is 6.09. The number of imidazole rings is 1. The highest BCUT2D eigenvalue weighted by atomic mass is 35.5. The van der Waals surface area contributed by atoms with E-state index in [9.17, 15) is 0 Å². The fourth-order valence-corrected chi connectivity index (χ4v) is 3.15. The molecule has 1 aromatic heterocycles. The van der Waals surface area contributed by atoms with E-state index in [2.05, 4.69) is 22.7 Å². The highest BCUT2D eigenvalue weighted by molar-refractivity contribution is 7.98. The summed E-state index contributed by atoms with van der Waals surface area (Å²) in [6.45, 7) is 2.20. The number of benzene rings is 1. The normalized spacial score (nSPS) is 13.1. The third-order valence-electron chi connectivity index (χ3n) is 2.89. The molecule has 0 N–H and O–H groups in total. The van der Waals surface area contributed by atoms with Crippen molar-refractivity contribution in [2.45, 2.75) is 19.4 Å². The lowest BCUT2D eigenvalue weighted by molar-refractivity contribution is 0.597. The fourth-order valence-electron chi connectivity index (χ4n) is 2.18. The number of rotatable bonds is 5. The molecule has 0 saturated heterocycles. The van der Waals surface area contributed by atoms with Crippen LogP contribution in [-0.4, -0.2) is 27.4 Å². The lowest BCUT2D eigenvalue weighted by atomic mass is 10.3. The number of hydrogen-bond donors (Lipinski definition) is 0. The lowest BCUT2D eigenvalue weighted by Gasteiger charge is -2.16. The SMILES string of the molecule is CSCC(C)n1c(CCCl)nc2ccc(Cl)cc21. The molecule has 1 atom stereocenters. The third kappa shape index (κ3) is 2.79. The molecule has 0 spiro atoms. The molecule has 5 heteroatoms. The molecule has 0 aliphatic rings. The lowest BCUT2D eigenvalue weighted by Crippen LogP contribution is -2.12. The number of aryl methyl sites for hydroxylation is 1. The first-order valence-corrected chi connectivity index (χ1v) is 8.19. The fraction of sp³-hybridized carbons (Fsp3) is 0.462. The monoisotopic (exact) mass is 302 g/mol. The van der Waals surface area contributed by atoms with Crippen LogP contribution in [0, 0.1) is 0 Å². The standard InChI is InChI=1S/C13H16Cl2N2S/c1-9(8-18-2)17-12-7-10(15)3-4-11(12)16-13(17)5-6-14/h3-4,7,9H,5-6,8H2,1-2H3. The molecule has 0 saturated carbocycles. The van der Waals surface area contributed by atoms with Crippen LogP contribution in [0.3, 0.4) is 0 Å². The van der Waals surface area contributed by atoms with Crippen molar-refractivity contribution in [3.05, 3.63) is 29.0 Å². The van der Waals surface area contributed by atoms with Crippen molar-refractivity contribution < 1.29 is 0 Å². The van der Waals surface area contributed by atoms with Crippen LogP contribution in [0.25, 0.3) is 11.0 Å². The predicted octanol–water partition coefficient (Wildman–Crippen LogP) is 4.40. The number of halogens is 2. The zero-order valence-electron chi connectivity index (χ0n) is 10.5. The Morgan fingerprint density at radius 3 is 2.89 bits per heavy atom. The first-order valence-electron chi connectivity index (χ1n) is 5.88. The second-order valence-corrected chi connectivity index (χ2v) is 6.00. The zero-order chi connectivity index (χ0) is 13.1. The first-order chi connectivity index (χ1) is 8.67. The van der Waals surface area contributed by atoms with Crippen LogP contribution in [0.1, 0.15) is 18.8 Å². The Kier molecular flexibility index (Phi) is 4.82. The Balaban J connectivity index is 2.56. The molecule has 0 fully saturated rings. The summed E-state index contributed by atoms with van der Waals surface area (Å²) in [6.07, 6.45) is 2.90. The van der Waals surface area contributed by atoms with Gasteiger partial charge in [0, 0.05) is 29.1 Å². The summed E-state index contributed by atoms with van der Waals surface area (Å²) in [4.78, 5) is 4.66. The van der Waals surface area contributed by atoms with Gasteiger partial charge in [-0.15, -0.1) is 11.6 Å². The van der Waals surface area contributed by atoms with E-state index in [1.165, 1.54) is 0 Å². The van der Waals surface area contributed by atoms with Gasteiger partial charge in [-0.05, 0) is 31.4 Å². The van der Waals surface area contributed by atoms with Crippen LogP contribution in [-0.2, 0) is 6.42 Å². The summed E-state index contributed by atoms with van der Waals surface area (Å²) in [7, 11) is 0. The number of thioether (sulfide) groups is 1. The number of nitrogens with zero attached hydrogens (tertiary/aromatic N) is 2. The largest absolute Gasteiger partial charge is 0.324 e. The second-order valence-electron chi connectivity index (χ2n) is 4.27. The number of fused-ring (bicyclic) bond motifs is 1. The number of aromatic nitrogens is 2. The van der Waals surface area contributed by atoms with Gasteiger partial charge in [-0.3, -0.25) is 0 Å². The van der Waals surface area contributed by atoms with Gasteiger partial charge in [0.1, 0.15) is 5.82 Å². The van der Waals surface area contributed by atoms with Crippen molar-refractivity contribution in [1.29, 1.82) is 0 Å². The molecule has 18 heavy (non-hydrogen) atoms. The van der Waals surface area contributed by atoms with Gasteiger partial charge < -0.3 is 4.57 Å². The topological polar surface area (TPSA) is 17.8 Å². The molecular formula is C13H16Cl2N2S. The second kappa shape index (κ2) is 6.18. The molecule has 1 aromatic carbocycles. The summed E-state index contributed by atoms with van der Waals surface area (Å²) in [5.74, 6) is 2.68. The Labute approximate surface area is 122 Å². The molecule has 2 aromatic rings. The molecule has 0 radical (unpaired) electrons. The van der Waals surface area contributed by atoms with E-state index in [0.717, 1.165) is 34.1 Å². The minimum atomic E-state index is 0.390. The number of hydrogen-bond acceptors (Lipinski definition) is 2. The summed E-state index contributed by atoms with van der Waals surface area (Å²) in [5.41, 5.74) is 2.09. The van der Waals surface area contributed by atoms with Crippen molar-refractivity contribution in [3.63, 3.8) is 0 Å². The van der Waals surface area contributed by atoms with Gasteiger partial charge in [-0.2, -0.15) is 11.8 Å². The van der Waals surface area contributed by atoms with Crippen LogP contribution in [0.4, 0.5) is 0 Å². The maximum Gasteiger partial charge on any atom is 0.111 e. The highest BCUT2D eigenvalue weighted by Gasteiger charge is 2.15. The van der Waals surface area contributed by atoms with Crippen molar-refractivity contribution in [3.8, 4) is 0 Å². The number of alkyl halides is 1. The molecule has 98 valence electrons. The Morgan fingerprint density at radius 1 is 1.44 bits per heavy atom. The maximum absolute atomic E-state index is 6.09. The van der Waals surface area contributed by atoms with Crippen LogP contribution in [0.5, 0.6) is 0 Å². The van der Waals surface area contributed by atoms with Crippen molar-refractivity contribution >= 4 is 46.0 Å². The van der Waals surface area contributed by atoms with Gasteiger partial charge in [0.05, 0.1) is 11.0 Å². The first kappa shape index (κ1) is 14.0. The molecule has 2 nitrogen and oxygen atoms in total. The Hall–Kier alpha value is -0.380. The van der Waals surface area contributed by atoms with Crippen LogP contribution >= 0.6 is 35.0 Å². The molecule has 1 heterocycles. The Morgan fingerprint density at radius 2 is 2.22 bits per heavy atom. The highest BCUT2D eigenvalue weighted by Crippen LogP contribution is 2.26. The molecule has 2 rings (SSSR count). The van der Waals surface area contributed by atoms with Crippen molar-refractivity contribution in [1.82, 2.24) is 9.55 Å². The van der Waals surface area contributed by atoms with E-state index < -0.39 is 0 Å². The van der Waals surface area contributed by atoms with E-state index in [1.54, 1.807) is 0 Å². The van der Waals surface area contributed by atoms with E-state index >= 15 is 0 Å². The molecule has 1 unspecified atom stereocenters. The van der Waals surface area contributed by atoms with E-state index in [4.69, 9.17) is 23.2 Å².